The van der Waals surface area contributed by atoms with Crippen molar-refractivity contribution in [2.24, 2.45) is 0 Å². The number of amides is 1. The minimum absolute atomic E-state index is 0.165. The summed E-state index contributed by atoms with van der Waals surface area (Å²) in [5.74, 6) is 1.01. The molecular formula is C20H30N3O3S+. The number of fused-ring (bicyclic) bond motifs is 1. The van der Waals surface area contributed by atoms with Gasteiger partial charge in [-0.2, -0.15) is 0 Å². The number of ether oxygens (including phenoxy) is 2. The molecule has 0 unspecified atom stereocenters. The maximum atomic E-state index is 12.7. The molecule has 6 nitrogen and oxygen atoms in total. The maximum Gasteiger partial charge on any atom is 0.228 e. The number of benzene rings is 1. The molecule has 0 spiro atoms. The third kappa shape index (κ3) is 5.40. The second kappa shape index (κ2) is 10.0. The number of hydrogen-bond acceptors (Lipinski definition) is 5. The normalized spacial score (nSPS) is 15.2. The minimum Gasteiger partial charge on any atom is -0.494 e. The molecule has 0 saturated carbocycles. The van der Waals surface area contributed by atoms with E-state index in [2.05, 4.69) is 0 Å². The molecular weight excluding hydrogens is 362 g/mol. The molecule has 1 saturated heterocycles. The second-order valence-electron chi connectivity index (χ2n) is 6.82. The third-order valence-electron chi connectivity index (χ3n) is 4.77. The summed E-state index contributed by atoms with van der Waals surface area (Å²) in [6, 6.07) is 5.93. The van der Waals surface area contributed by atoms with Crippen molar-refractivity contribution >= 4 is 32.6 Å². The lowest BCUT2D eigenvalue weighted by atomic mass is 10.2. The SMILES string of the molecule is CCCC(=O)N(CCC[NH+]1CCOCC1)c1nc2ccc(OCC)cc2s1. The van der Waals surface area contributed by atoms with Crippen LogP contribution in [0.1, 0.15) is 33.1 Å². The zero-order valence-electron chi connectivity index (χ0n) is 16.3. The number of carbonyl (C=O) groups is 1. The van der Waals surface area contributed by atoms with Gasteiger partial charge in [-0.25, -0.2) is 4.98 Å². The van der Waals surface area contributed by atoms with Crippen LogP contribution in [0, 0.1) is 0 Å². The van der Waals surface area contributed by atoms with E-state index < -0.39 is 0 Å². The average Bonchev–Trinajstić information content (AvgIpc) is 3.09. The van der Waals surface area contributed by atoms with E-state index in [4.69, 9.17) is 14.5 Å². The van der Waals surface area contributed by atoms with Gasteiger partial charge in [-0.3, -0.25) is 9.69 Å². The summed E-state index contributed by atoms with van der Waals surface area (Å²) in [6.07, 6.45) is 2.39. The zero-order chi connectivity index (χ0) is 19.1. The lowest BCUT2D eigenvalue weighted by Gasteiger charge is -2.25. The van der Waals surface area contributed by atoms with Gasteiger partial charge in [0.1, 0.15) is 18.8 Å². The van der Waals surface area contributed by atoms with Gasteiger partial charge < -0.3 is 14.4 Å². The van der Waals surface area contributed by atoms with E-state index in [-0.39, 0.29) is 5.91 Å². The van der Waals surface area contributed by atoms with Crippen molar-refractivity contribution in [2.45, 2.75) is 33.1 Å². The fourth-order valence-corrected chi connectivity index (χ4v) is 4.38. The van der Waals surface area contributed by atoms with Crippen LogP contribution in [0.15, 0.2) is 18.2 Å². The molecule has 1 aliphatic heterocycles. The van der Waals surface area contributed by atoms with Gasteiger partial charge in [-0.15, -0.1) is 0 Å². The number of quaternary nitrogens is 1. The lowest BCUT2D eigenvalue weighted by Crippen LogP contribution is -3.14. The molecule has 148 valence electrons. The molecule has 2 aromatic rings. The number of nitrogens with zero attached hydrogens (tertiary/aromatic N) is 2. The van der Waals surface area contributed by atoms with Crippen LogP contribution < -0.4 is 14.5 Å². The number of carbonyl (C=O) groups excluding carboxylic acids is 1. The van der Waals surface area contributed by atoms with Crippen LogP contribution in [0.4, 0.5) is 5.13 Å². The predicted octanol–water partition coefficient (Wildman–Crippen LogP) is 2.13. The Kier molecular flexibility index (Phi) is 7.43. The highest BCUT2D eigenvalue weighted by molar-refractivity contribution is 7.22. The number of morpholine rings is 1. The largest absolute Gasteiger partial charge is 0.494 e. The van der Waals surface area contributed by atoms with Gasteiger partial charge in [0.25, 0.3) is 0 Å². The van der Waals surface area contributed by atoms with Crippen LogP contribution in [0.2, 0.25) is 0 Å². The summed E-state index contributed by atoms with van der Waals surface area (Å²) in [7, 11) is 0. The van der Waals surface area contributed by atoms with E-state index in [0.29, 0.717) is 13.0 Å². The van der Waals surface area contributed by atoms with Crippen LogP contribution in [0.25, 0.3) is 10.2 Å². The zero-order valence-corrected chi connectivity index (χ0v) is 17.1. The summed E-state index contributed by atoms with van der Waals surface area (Å²) in [4.78, 5) is 20.9. The van der Waals surface area contributed by atoms with E-state index in [1.807, 2.05) is 36.9 Å². The number of hydrogen-bond donors (Lipinski definition) is 1. The highest BCUT2D eigenvalue weighted by Crippen LogP contribution is 2.32. The Morgan fingerprint density at radius 1 is 1.33 bits per heavy atom. The highest BCUT2D eigenvalue weighted by Gasteiger charge is 2.20. The quantitative estimate of drug-likeness (QED) is 0.710. The first-order valence-electron chi connectivity index (χ1n) is 9.96. The summed E-state index contributed by atoms with van der Waals surface area (Å²) < 4.78 is 12.1. The molecule has 1 aromatic heterocycles. The molecule has 3 rings (SSSR count). The Morgan fingerprint density at radius 2 is 2.15 bits per heavy atom. The molecule has 0 bridgehead atoms. The summed E-state index contributed by atoms with van der Waals surface area (Å²) >= 11 is 1.57. The smallest absolute Gasteiger partial charge is 0.228 e. The van der Waals surface area contributed by atoms with Crippen molar-refractivity contribution in [3.05, 3.63) is 18.2 Å². The first-order chi connectivity index (χ1) is 13.2. The van der Waals surface area contributed by atoms with Crippen LogP contribution in [-0.4, -0.2) is 56.9 Å². The van der Waals surface area contributed by atoms with E-state index in [1.165, 1.54) is 0 Å². The number of rotatable bonds is 9. The van der Waals surface area contributed by atoms with Crippen LogP contribution in [0.3, 0.4) is 0 Å². The van der Waals surface area contributed by atoms with Crippen molar-refractivity contribution in [3.8, 4) is 5.75 Å². The Labute approximate surface area is 165 Å². The van der Waals surface area contributed by atoms with Gasteiger partial charge in [0.15, 0.2) is 5.13 Å². The van der Waals surface area contributed by atoms with E-state index in [1.54, 1.807) is 16.2 Å². The van der Waals surface area contributed by atoms with Crippen molar-refractivity contribution in [1.29, 1.82) is 0 Å². The molecule has 0 radical (unpaired) electrons. The molecule has 1 amide bonds. The van der Waals surface area contributed by atoms with Crippen LogP contribution >= 0.6 is 11.3 Å². The van der Waals surface area contributed by atoms with Crippen molar-refractivity contribution < 1.29 is 19.2 Å². The fraction of sp³-hybridized carbons (Fsp3) is 0.600. The van der Waals surface area contributed by atoms with Gasteiger partial charge >= 0.3 is 0 Å². The van der Waals surface area contributed by atoms with Gasteiger partial charge in [0.05, 0.1) is 36.6 Å². The highest BCUT2D eigenvalue weighted by atomic mass is 32.1. The van der Waals surface area contributed by atoms with E-state index in [0.717, 1.165) is 73.3 Å². The van der Waals surface area contributed by atoms with Crippen molar-refractivity contribution in [1.82, 2.24) is 4.98 Å². The molecule has 1 N–H and O–H groups in total. The first-order valence-corrected chi connectivity index (χ1v) is 10.8. The number of anilines is 1. The monoisotopic (exact) mass is 392 g/mol. The van der Waals surface area contributed by atoms with Crippen molar-refractivity contribution in [3.63, 3.8) is 0 Å². The molecule has 1 aromatic carbocycles. The number of thiazole rings is 1. The van der Waals surface area contributed by atoms with E-state index in [9.17, 15) is 4.79 Å². The first kappa shape index (κ1) is 20.0. The van der Waals surface area contributed by atoms with Crippen LogP contribution in [0.5, 0.6) is 5.75 Å². The standard InChI is InChI=1S/C20H29N3O3S/c1-3-6-19(24)23(10-5-9-22-11-13-25-14-12-22)20-21-17-8-7-16(26-4-2)15-18(17)27-20/h7-8,15H,3-6,9-14H2,1-2H3/p+1. The Hall–Kier alpha value is -1.70. The summed E-state index contributed by atoms with van der Waals surface area (Å²) in [5.41, 5.74) is 0.923. The molecule has 27 heavy (non-hydrogen) atoms. The molecule has 7 heteroatoms. The third-order valence-corrected chi connectivity index (χ3v) is 5.81. The number of nitrogens with one attached hydrogen (secondary N) is 1. The second-order valence-corrected chi connectivity index (χ2v) is 7.83. The Bertz CT molecular complexity index is 743. The van der Waals surface area contributed by atoms with Gasteiger partial charge in [-0.1, -0.05) is 18.3 Å². The molecule has 2 heterocycles. The molecule has 0 aliphatic carbocycles. The topological polar surface area (TPSA) is 56.1 Å². The minimum atomic E-state index is 0.165. The maximum absolute atomic E-state index is 12.7. The van der Waals surface area contributed by atoms with Gasteiger partial charge in [0.2, 0.25) is 5.91 Å². The Balaban J connectivity index is 1.71. The molecule has 1 aliphatic rings. The fourth-order valence-electron chi connectivity index (χ4n) is 3.34. The Morgan fingerprint density at radius 3 is 2.89 bits per heavy atom. The molecule has 0 atom stereocenters. The predicted molar refractivity (Wildman–Crippen MR) is 109 cm³/mol. The van der Waals surface area contributed by atoms with Gasteiger partial charge in [0, 0.05) is 19.4 Å². The average molecular weight is 393 g/mol. The lowest BCUT2D eigenvalue weighted by molar-refractivity contribution is -0.908. The summed E-state index contributed by atoms with van der Waals surface area (Å²) in [5, 5.41) is 0.800. The van der Waals surface area contributed by atoms with E-state index >= 15 is 0 Å². The van der Waals surface area contributed by atoms with Crippen molar-refractivity contribution in [2.75, 3.05) is 50.9 Å². The number of aromatic nitrogens is 1. The van der Waals surface area contributed by atoms with Crippen LogP contribution in [-0.2, 0) is 9.53 Å². The summed E-state index contributed by atoms with van der Waals surface area (Å²) in [6.45, 7) is 10.3. The molecule has 1 fully saturated rings. The van der Waals surface area contributed by atoms with Gasteiger partial charge in [-0.05, 0) is 31.5 Å².